The zero-order valence-corrected chi connectivity index (χ0v) is 12.9. The molecule has 2 N–H and O–H groups in total. The molecule has 4 heteroatoms. The lowest BCUT2D eigenvalue weighted by Crippen LogP contribution is -2.37. The van der Waals surface area contributed by atoms with E-state index in [0.29, 0.717) is 12.1 Å². The summed E-state index contributed by atoms with van der Waals surface area (Å²) in [7, 11) is 0. The van der Waals surface area contributed by atoms with Crippen molar-refractivity contribution in [2.24, 2.45) is 0 Å². The van der Waals surface area contributed by atoms with Gasteiger partial charge >= 0.3 is 0 Å². The highest BCUT2D eigenvalue weighted by Crippen LogP contribution is 2.32. The molecule has 4 nitrogen and oxygen atoms in total. The summed E-state index contributed by atoms with van der Waals surface area (Å²) in [6, 6.07) is 7.25. The van der Waals surface area contributed by atoms with Crippen molar-refractivity contribution in [3.8, 4) is 11.5 Å². The van der Waals surface area contributed by atoms with E-state index in [-0.39, 0.29) is 0 Å². The third kappa shape index (κ3) is 4.03. The first kappa shape index (κ1) is 14.5. The van der Waals surface area contributed by atoms with E-state index in [1.807, 2.05) is 6.07 Å². The van der Waals surface area contributed by atoms with E-state index in [2.05, 4.69) is 29.7 Å². The molecule has 1 fully saturated rings. The minimum Gasteiger partial charge on any atom is -0.490 e. The normalized spacial score (nSPS) is 23.2. The Morgan fingerprint density at radius 2 is 2.05 bits per heavy atom. The summed E-state index contributed by atoms with van der Waals surface area (Å²) < 4.78 is 11.4. The maximum absolute atomic E-state index is 5.74. The second-order valence-corrected chi connectivity index (χ2v) is 6.14. The van der Waals surface area contributed by atoms with Crippen LogP contribution in [0.25, 0.3) is 0 Å². The molecule has 0 bridgehead atoms. The van der Waals surface area contributed by atoms with Gasteiger partial charge in [-0.2, -0.15) is 0 Å². The van der Waals surface area contributed by atoms with Crippen molar-refractivity contribution in [3.63, 3.8) is 0 Å². The van der Waals surface area contributed by atoms with Crippen molar-refractivity contribution in [1.82, 2.24) is 5.32 Å². The maximum atomic E-state index is 5.74. The highest BCUT2D eigenvalue weighted by atomic mass is 16.5. The van der Waals surface area contributed by atoms with E-state index in [1.165, 1.54) is 25.8 Å². The molecule has 0 saturated carbocycles. The maximum Gasteiger partial charge on any atom is 0.163 e. The number of hydrogen-bond acceptors (Lipinski definition) is 4. The molecule has 0 spiro atoms. The van der Waals surface area contributed by atoms with Crippen LogP contribution in [0.3, 0.4) is 0 Å². The van der Waals surface area contributed by atoms with Gasteiger partial charge in [-0.15, -0.1) is 0 Å². The summed E-state index contributed by atoms with van der Waals surface area (Å²) in [6.07, 6.45) is 6.08. The Balaban J connectivity index is 1.57. The van der Waals surface area contributed by atoms with E-state index < -0.39 is 0 Å². The van der Waals surface area contributed by atoms with Crippen LogP contribution in [0.4, 0.5) is 5.69 Å². The van der Waals surface area contributed by atoms with Crippen LogP contribution in [0.15, 0.2) is 18.2 Å². The third-order valence-electron chi connectivity index (χ3n) is 4.21. The number of hydrogen-bond donors (Lipinski definition) is 2. The molecule has 0 amide bonds. The molecule has 2 aliphatic rings. The summed E-state index contributed by atoms with van der Waals surface area (Å²) in [5, 5.41) is 7.19. The van der Waals surface area contributed by atoms with Gasteiger partial charge in [0.1, 0.15) is 0 Å². The van der Waals surface area contributed by atoms with Gasteiger partial charge in [0.25, 0.3) is 0 Å². The predicted octanol–water partition coefficient (Wildman–Crippen LogP) is 3.18. The Hall–Kier alpha value is -1.42. The molecule has 1 aromatic rings. The number of piperidine rings is 1. The molecule has 2 unspecified atom stereocenters. The van der Waals surface area contributed by atoms with E-state index in [9.17, 15) is 0 Å². The topological polar surface area (TPSA) is 42.5 Å². The second kappa shape index (κ2) is 7.03. The van der Waals surface area contributed by atoms with Gasteiger partial charge in [-0.25, -0.2) is 0 Å². The van der Waals surface area contributed by atoms with Crippen molar-refractivity contribution < 1.29 is 9.47 Å². The fraction of sp³-hybridized carbons (Fsp3) is 0.647. The smallest absolute Gasteiger partial charge is 0.163 e. The van der Waals surface area contributed by atoms with Crippen LogP contribution in [0.1, 0.15) is 39.0 Å². The molecule has 3 rings (SSSR count). The molecule has 2 heterocycles. The molecule has 0 aromatic heterocycles. The first-order valence-corrected chi connectivity index (χ1v) is 8.21. The number of benzene rings is 1. The fourth-order valence-electron chi connectivity index (χ4n) is 3.15. The van der Waals surface area contributed by atoms with Gasteiger partial charge in [0.15, 0.2) is 11.5 Å². The van der Waals surface area contributed by atoms with Gasteiger partial charge in [0.2, 0.25) is 0 Å². The van der Waals surface area contributed by atoms with E-state index in [1.54, 1.807) is 0 Å². The van der Waals surface area contributed by atoms with Crippen molar-refractivity contribution in [1.29, 1.82) is 0 Å². The van der Waals surface area contributed by atoms with Crippen LogP contribution in [0, 0.1) is 0 Å². The minimum atomic E-state index is 0.449. The van der Waals surface area contributed by atoms with Crippen LogP contribution >= 0.6 is 0 Å². The minimum absolute atomic E-state index is 0.449. The van der Waals surface area contributed by atoms with Crippen LogP contribution < -0.4 is 20.1 Å². The quantitative estimate of drug-likeness (QED) is 0.894. The Labute approximate surface area is 127 Å². The average molecular weight is 290 g/mol. The predicted molar refractivity (Wildman–Crippen MR) is 85.4 cm³/mol. The summed E-state index contributed by atoms with van der Waals surface area (Å²) in [5.74, 6) is 1.72. The summed E-state index contributed by atoms with van der Waals surface area (Å²) in [6.45, 7) is 4.89. The SMILES string of the molecule is CC(CC1CCCCN1)Nc1ccc2c(c1)OCCCO2. The van der Waals surface area contributed by atoms with Gasteiger partial charge < -0.3 is 20.1 Å². The molecule has 2 atom stereocenters. The number of nitrogens with one attached hydrogen (secondary N) is 2. The zero-order chi connectivity index (χ0) is 14.5. The van der Waals surface area contributed by atoms with Crippen LogP contribution in [-0.2, 0) is 0 Å². The van der Waals surface area contributed by atoms with E-state index in [4.69, 9.17) is 9.47 Å². The van der Waals surface area contributed by atoms with Gasteiger partial charge in [0, 0.05) is 30.3 Å². The average Bonchev–Trinajstić information content (AvgIpc) is 2.73. The van der Waals surface area contributed by atoms with Gasteiger partial charge in [-0.1, -0.05) is 6.42 Å². The largest absolute Gasteiger partial charge is 0.490 e. The number of fused-ring (bicyclic) bond motifs is 1. The number of rotatable bonds is 4. The van der Waals surface area contributed by atoms with Crippen molar-refractivity contribution in [2.45, 2.75) is 51.1 Å². The standard InChI is InChI=1S/C17H26N2O2/c1-13(11-14-5-2-3-8-18-14)19-15-6-7-16-17(12-15)21-10-4-9-20-16/h6-7,12-14,18-19H,2-5,8-11H2,1H3. The monoisotopic (exact) mass is 290 g/mol. The Morgan fingerprint density at radius 3 is 2.86 bits per heavy atom. The molecular weight excluding hydrogens is 264 g/mol. The lowest BCUT2D eigenvalue weighted by molar-refractivity contribution is 0.297. The Bertz CT molecular complexity index is 458. The summed E-state index contributed by atoms with van der Waals surface area (Å²) >= 11 is 0. The second-order valence-electron chi connectivity index (χ2n) is 6.14. The first-order chi connectivity index (χ1) is 10.3. The molecule has 1 saturated heterocycles. The Morgan fingerprint density at radius 1 is 1.19 bits per heavy atom. The van der Waals surface area contributed by atoms with Crippen LogP contribution in [-0.4, -0.2) is 31.8 Å². The zero-order valence-electron chi connectivity index (χ0n) is 12.9. The van der Waals surface area contributed by atoms with Crippen LogP contribution in [0.2, 0.25) is 0 Å². The highest BCUT2D eigenvalue weighted by Gasteiger charge is 2.16. The first-order valence-electron chi connectivity index (χ1n) is 8.21. The van der Waals surface area contributed by atoms with Crippen molar-refractivity contribution in [2.75, 3.05) is 25.1 Å². The summed E-state index contributed by atoms with van der Waals surface area (Å²) in [4.78, 5) is 0. The molecule has 1 aromatic carbocycles. The third-order valence-corrected chi connectivity index (χ3v) is 4.21. The van der Waals surface area contributed by atoms with Gasteiger partial charge in [-0.3, -0.25) is 0 Å². The summed E-state index contributed by atoms with van der Waals surface area (Å²) in [5.41, 5.74) is 1.11. The molecule has 0 radical (unpaired) electrons. The fourth-order valence-corrected chi connectivity index (χ4v) is 3.15. The van der Waals surface area contributed by atoms with Crippen LogP contribution in [0.5, 0.6) is 11.5 Å². The van der Waals surface area contributed by atoms with E-state index >= 15 is 0 Å². The van der Waals surface area contributed by atoms with E-state index in [0.717, 1.165) is 43.2 Å². The molecular formula is C17H26N2O2. The molecule has 0 aliphatic carbocycles. The number of anilines is 1. The van der Waals surface area contributed by atoms with Gasteiger partial charge in [0.05, 0.1) is 13.2 Å². The Kier molecular flexibility index (Phi) is 4.86. The molecule has 21 heavy (non-hydrogen) atoms. The van der Waals surface area contributed by atoms with Gasteiger partial charge in [-0.05, 0) is 44.9 Å². The van der Waals surface area contributed by atoms with Crippen molar-refractivity contribution >= 4 is 5.69 Å². The molecule has 2 aliphatic heterocycles. The lowest BCUT2D eigenvalue weighted by Gasteiger charge is -2.27. The highest BCUT2D eigenvalue weighted by molar-refractivity contribution is 5.55. The van der Waals surface area contributed by atoms with Crippen molar-refractivity contribution in [3.05, 3.63) is 18.2 Å². The molecule has 116 valence electrons. The number of ether oxygens (including phenoxy) is 2. The lowest BCUT2D eigenvalue weighted by atomic mass is 9.98.